The van der Waals surface area contributed by atoms with Crippen LogP contribution in [0.25, 0.3) is 32.7 Å². The average molecular weight is 446 g/mol. The van der Waals surface area contributed by atoms with Gasteiger partial charge in [-0.15, -0.1) is 0 Å². The van der Waals surface area contributed by atoms with Crippen molar-refractivity contribution >= 4 is 47.3 Å². The van der Waals surface area contributed by atoms with E-state index < -0.39 is 15.2 Å². The van der Waals surface area contributed by atoms with Gasteiger partial charge < -0.3 is 29.8 Å². The molecule has 4 aromatic carbocycles. The monoisotopic (exact) mass is 446 g/mol. The number of hydrogen-bond acceptors (Lipinski definition) is 4. The lowest BCUT2D eigenvalue weighted by Gasteiger charge is -2.15. The molecule has 0 aromatic heterocycles. The molecule has 8 nitrogen and oxygen atoms in total. The summed E-state index contributed by atoms with van der Waals surface area (Å²) in [5.74, 6) is -0.346. The molecule has 0 saturated heterocycles. The Bertz CT molecular complexity index is 1310. The van der Waals surface area contributed by atoms with Gasteiger partial charge in [0.25, 0.3) is 0 Å². The summed E-state index contributed by atoms with van der Waals surface area (Å²) in [6.07, 6.45) is 0. The zero-order chi connectivity index (χ0) is 21.8. The molecule has 0 spiro atoms. The lowest BCUT2D eigenvalue weighted by atomic mass is 9.92. The SMILES string of the molecule is O=P(O)(O)c1ccc2c(-c3c(O)ccc4cc(P(=O)(O)O)ccc34)c(O)ccc2c1. The van der Waals surface area contributed by atoms with Crippen LogP contribution in [0.1, 0.15) is 0 Å². The zero-order valence-corrected chi connectivity index (χ0v) is 17.0. The highest BCUT2D eigenvalue weighted by Crippen LogP contribution is 2.45. The topological polar surface area (TPSA) is 156 Å². The third kappa shape index (κ3) is 3.50. The molecule has 0 unspecified atom stereocenters. The molecule has 0 heterocycles. The summed E-state index contributed by atoms with van der Waals surface area (Å²) in [6.45, 7) is 0. The highest BCUT2D eigenvalue weighted by Gasteiger charge is 2.22. The minimum absolute atomic E-state index is 0.173. The van der Waals surface area contributed by atoms with Crippen molar-refractivity contribution in [3.63, 3.8) is 0 Å². The maximum absolute atomic E-state index is 11.6. The third-order valence-electron chi connectivity index (χ3n) is 4.89. The molecule has 30 heavy (non-hydrogen) atoms. The highest BCUT2D eigenvalue weighted by atomic mass is 31.2. The van der Waals surface area contributed by atoms with Gasteiger partial charge in [0.1, 0.15) is 11.5 Å². The number of rotatable bonds is 3. The predicted molar refractivity (Wildman–Crippen MR) is 114 cm³/mol. The lowest BCUT2D eigenvalue weighted by molar-refractivity contribution is 0.385. The van der Waals surface area contributed by atoms with Gasteiger partial charge in [-0.1, -0.05) is 24.3 Å². The average Bonchev–Trinajstić information content (AvgIpc) is 2.66. The van der Waals surface area contributed by atoms with Crippen molar-refractivity contribution in [1.29, 1.82) is 0 Å². The van der Waals surface area contributed by atoms with Gasteiger partial charge in [-0.25, -0.2) is 0 Å². The Balaban J connectivity index is 2.07. The van der Waals surface area contributed by atoms with E-state index in [2.05, 4.69) is 0 Å². The molecule has 0 aliphatic carbocycles. The standard InChI is InChI=1S/C20H16O8P2/c21-17-7-1-11-9-13(29(23,24)25)3-5-15(11)19(17)20-16-6-4-14(30(26,27)28)10-12(16)2-8-18(20)22/h1-10,21-22H,(H2,23,24,25)(H2,26,27,28). The molecule has 6 N–H and O–H groups in total. The summed E-state index contributed by atoms with van der Waals surface area (Å²) in [5.41, 5.74) is 0.466. The van der Waals surface area contributed by atoms with Crippen LogP contribution in [0.2, 0.25) is 0 Å². The van der Waals surface area contributed by atoms with Crippen LogP contribution in [0, 0.1) is 0 Å². The molecule has 0 atom stereocenters. The maximum atomic E-state index is 11.6. The van der Waals surface area contributed by atoms with Crippen molar-refractivity contribution in [2.75, 3.05) is 0 Å². The number of aromatic hydroxyl groups is 2. The smallest absolute Gasteiger partial charge is 0.356 e. The van der Waals surface area contributed by atoms with Crippen LogP contribution in [0.5, 0.6) is 11.5 Å². The first-order valence-corrected chi connectivity index (χ1v) is 11.8. The van der Waals surface area contributed by atoms with Crippen molar-refractivity contribution in [1.82, 2.24) is 0 Å². The van der Waals surface area contributed by atoms with Crippen LogP contribution in [0.15, 0.2) is 60.7 Å². The number of fused-ring (bicyclic) bond motifs is 2. The molecule has 0 aliphatic heterocycles. The highest BCUT2D eigenvalue weighted by molar-refractivity contribution is 7.60. The first kappa shape index (κ1) is 20.6. The quantitative estimate of drug-likeness (QED) is 0.263. The van der Waals surface area contributed by atoms with Gasteiger partial charge in [0.15, 0.2) is 0 Å². The molecule has 154 valence electrons. The Hall–Kier alpha value is -2.70. The molecular weight excluding hydrogens is 430 g/mol. The summed E-state index contributed by atoms with van der Waals surface area (Å²) >= 11 is 0. The Morgan fingerprint density at radius 1 is 0.533 bits per heavy atom. The number of phenols is 2. The molecule has 4 aromatic rings. The normalized spacial score (nSPS) is 12.5. The Kier molecular flexibility index (Phi) is 4.75. The molecule has 0 bridgehead atoms. The second-order valence-electron chi connectivity index (χ2n) is 6.82. The molecule has 0 fully saturated rings. The zero-order valence-electron chi connectivity index (χ0n) is 15.2. The lowest BCUT2D eigenvalue weighted by Crippen LogP contribution is -2.03. The predicted octanol–water partition coefficient (Wildman–Crippen LogP) is 2.68. The largest absolute Gasteiger partial charge is 0.507 e. The van der Waals surface area contributed by atoms with E-state index in [0.29, 0.717) is 21.5 Å². The summed E-state index contributed by atoms with van der Waals surface area (Å²) < 4.78 is 23.2. The first-order chi connectivity index (χ1) is 14.0. The summed E-state index contributed by atoms with van der Waals surface area (Å²) in [6, 6.07) is 13.7. The minimum Gasteiger partial charge on any atom is -0.507 e. The molecular formula is C20H16O8P2. The molecule has 4 rings (SSSR count). The van der Waals surface area contributed by atoms with E-state index in [4.69, 9.17) is 0 Å². The fraction of sp³-hybridized carbons (Fsp3) is 0. The van der Waals surface area contributed by atoms with Crippen molar-refractivity contribution in [2.24, 2.45) is 0 Å². The van der Waals surface area contributed by atoms with E-state index in [1.807, 2.05) is 0 Å². The number of phenolic OH excluding ortho intramolecular Hbond substituents is 2. The molecule has 0 amide bonds. The van der Waals surface area contributed by atoms with Gasteiger partial charge >= 0.3 is 15.2 Å². The van der Waals surface area contributed by atoms with Crippen LogP contribution in [-0.2, 0) is 9.13 Å². The van der Waals surface area contributed by atoms with Gasteiger partial charge in [-0.3, -0.25) is 9.13 Å². The summed E-state index contributed by atoms with van der Waals surface area (Å²) in [7, 11) is -8.95. The van der Waals surface area contributed by atoms with Crippen molar-refractivity contribution in [2.45, 2.75) is 0 Å². The van der Waals surface area contributed by atoms with Crippen LogP contribution in [-0.4, -0.2) is 29.8 Å². The van der Waals surface area contributed by atoms with E-state index >= 15 is 0 Å². The maximum Gasteiger partial charge on any atom is 0.356 e. The Morgan fingerprint density at radius 2 is 0.900 bits per heavy atom. The summed E-state index contributed by atoms with van der Waals surface area (Å²) in [4.78, 5) is 37.7. The first-order valence-electron chi connectivity index (χ1n) is 8.61. The molecule has 0 saturated carbocycles. The van der Waals surface area contributed by atoms with Crippen LogP contribution >= 0.6 is 15.2 Å². The van der Waals surface area contributed by atoms with Crippen LogP contribution < -0.4 is 10.6 Å². The summed E-state index contributed by atoms with van der Waals surface area (Å²) in [5, 5.41) is 22.5. The van der Waals surface area contributed by atoms with Gasteiger partial charge in [0.2, 0.25) is 0 Å². The van der Waals surface area contributed by atoms with Gasteiger partial charge in [0, 0.05) is 11.1 Å². The fourth-order valence-corrected chi connectivity index (χ4v) is 4.65. The number of benzene rings is 4. The van der Waals surface area contributed by atoms with Crippen molar-refractivity contribution in [3.8, 4) is 22.6 Å². The number of hydrogen-bond donors (Lipinski definition) is 6. The van der Waals surface area contributed by atoms with Crippen LogP contribution in [0.3, 0.4) is 0 Å². The third-order valence-corrected chi connectivity index (χ3v) is 6.79. The molecule has 0 radical (unpaired) electrons. The molecule has 0 aliphatic rings. The van der Waals surface area contributed by atoms with Crippen molar-refractivity contribution in [3.05, 3.63) is 60.7 Å². The van der Waals surface area contributed by atoms with E-state index in [1.165, 1.54) is 60.7 Å². The van der Waals surface area contributed by atoms with Gasteiger partial charge in [-0.05, 0) is 57.9 Å². The van der Waals surface area contributed by atoms with Gasteiger partial charge in [-0.2, -0.15) is 0 Å². The van der Waals surface area contributed by atoms with E-state index in [9.17, 15) is 38.9 Å². The minimum atomic E-state index is -4.48. The van der Waals surface area contributed by atoms with Crippen molar-refractivity contribution < 1.29 is 38.9 Å². The Morgan fingerprint density at radius 3 is 1.23 bits per heavy atom. The second-order valence-corrected chi connectivity index (χ2v) is 10.0. The van der Waals surface area contributed by atoms with E-state index in [0.717, 1.165) is 0 Å². The Labute approximate surface area is 170 Å². The molecule has 10 heteroatoms. The van der Waals surface area contributed by atoms with E-state index in [1.54, 1.807) is 0 Å². The van der Waals surface area contributed by atoms with Gasteiger partial charge in [0.05, 0.1) is 10.6 Å². The fourth-order valence-electron chi connectivity index (χ4n) is 3.50. The second kappa shape index (κ2) is 6.93. The van der Waals surface area contributed by atoms with E-state index in [-0.39, 0.29) is 33.2 Å². The van der Waals surface area contributed by atoms with Crippen LogP contribution in [0.4, 0.5) is 0 Å².